The van der Waals surface area contributed by atoms with E-state index < -0.39 is 12.2 Å². The van der Waals surface area contributed by atoms with Crippen LogP contribution in [0.4, 0.5) is 0 Å². The van der Waals surface area contributed by atoms with Gasteiger partial charge in [0.05, 0.1) is 31.9 Å². The summed E-state index contributed by atoms with van der Waals surface area (Å²) in [7, 11) is 0. The maximum atomic E-state index is 9.98. The Morgan fingerprint density at radius 3 is 1.74 bits per heavy atom. The van der Waals surface area contributed by atoms with Crippen molar-refractivity contribution in [3.05, 3.63) is 0 Å². The monoisotopic (exact) mass is 444 g/mol. The summed E-state index contributed by atoms with van der Waals surface area (Å²) in [6, 6.07) is 0. The molecule has 9 heteroatoms. The number of aliphatic imine (C=N–C) groups is 2. The van der Waals surface area contributed by atoms with Crippen molar-refractivity contribution in [2.75, 3.05) is 39.4 Å². The highest BCUT2D eigenvalue weighted by atomic mass is 16.5. The SMILES string of the molecule is CC(C)CCCNC(N)=NCC(O)CCCOCC(O)CN=C(N)NCCCC(C)C. The van der Waals surface area contributed by atoms with E-state index in [1.165, 1.54) is 0 Å². The number of aliphatic hydroxyl groups excluding tert-OH is 2. The average molecular weight is 445 g/mol. The molecular formula is C22H48N6O3. The first-order valence-corrected chi connectivity index (χ1v) is 11.7. The molecule has 0 fully saturated rings. The zero-order valence-electron chi connectivity index (χ0n) is 20.1. The molecule has 0 amide bonds. The van der Waals surface area contributed by atoms with Gasteiger partial charge in [-0.05, 0) is 50.4 Å². The molecule has 0 radical (unpaired) electrons. The van der Waals surface area contributed by atoms with Crippen LogP contribution in [0.25, 0.3) is 0 Å². The molecule has 0 saturated carbocycles. The molecular weight excluding hydrogens is 396 g/mol. The van der Waals surface area contributed by atoms with Crippen molar-refractivity contribution in [3.8, 4) is 0 Å². The lowest BCUT2D eigenvalue weighted by Crippen LogP contribution is -2.34. The van der Waals surface area contributed by atoms with Crippen LogP contribution in [0, 0.1) is 11.8 Å². The third kappa shape index (κ3) is 21.4. The summed E-state index contributed by atoms with van der Waals surface area (Å²) in [4.78, 5) is 8.29. The second-order valence-corrected chi connectivity index (χ2v) is 8.90. The van der Waals surface area contributed by atoms with Crippen molar-refractivity contribution >= 4 is 11.9 Å². The largest absolute Gasteiger partial charge is 0.391 e. The predicted octanol–water partition coefficient (Wildman–Crippen LogP) is 1.19. The maximum Gasteiger partial charge on any atom is 0.188 e. The Hall–Kier alpha value is -1.58. The lowest BCUT2D eigenvalue weighted by Gasteiger charge is -2.12. The van der Waals surface area contributed by atoms with E-state index in [1.807, 2.05) is 0 Å². The van der Waals surface area contributed by atoms with Crippen LogP contribution in [0.3, 0.4) is 0 Å². The first-order valence-electron chi connectivity index (χ1n) is 11.7. The zero-order valence-corrected chi connectivity index (χ0v) is 20.1. The van der Waals surface area contributed by atoms with Crippen LogP contribution in [0.5, 0.6) is 0 Å². The van der Waals surface area contributed by atoms with Gasteiger partial charge in [0.15, 0.2) is 11.9 Å². The third-order valence-electron chi connectivity index (χ3n) is 4.61. The first-order chi connectivity index (χ1) is 14.7. The molecule has 0 saturated heterocycles. The molecule has 0 spiro atoms. The van der Waals surface area contributed by atoms with E-state index in [2.05, 4.69) is 48.3 Å². The topological polar surface area (TPSA) is 151 Å². The molecule has 0 heterocycles. The zero-order chi connectivity index (χ0) is 23.5. The van der Waals surface area contributed by atoms with Crippen molar-refractivity contribution in [3.63, 3.8) is 0 Å². The molecule has 0 rings (SSSR count). The number of nitrogens with one attached hydrogen (secondary N) is 2. The minimum absolute atomic E-state index is 0.186. The molecule has 2 atom stereocenters. The lowest BCUT2D eigenvalue weighted by atomic mass is 10.1. The first kappa shape index (κ1) is 29.4. The van der Waals surface area contributed by atoms with Crippen molar-refractivity contribution in [2.24, 2.45) is 33.3 Å². The smallest absolute Gasteiger partial charge is 0.188 e. The fourth-order valence-corrected chi connectivity index (χ4v) is 2.76. The molecule has 0 aromatic carbocycles. The Bertz CT molecular complexity index is 444. The van der Waals surface area contributed by atoms with Crippen molar-refractivity contribution < 1.29 is 14.9 Å². The molecule has 0 aromatic rings. The summed E-state index contributed by atoms with van der Waals surface area (Å²) in [5.74, 6) is 2.07. The molecule has 0 aliphatic rings. The standard InChI is InChI=1S/C22H48N6O3/c1-17(2)8-5-11-25-21(23)27-14-19(29)10-7-13-31-16-20(30)15-28-22(24)26-12-6-9-18(3)4/h17-20,29-30H,5-16H2,1-4H3,(H3,23,25,27)(H3,24,26,28). The molecule has 0 aliphatic carbocycles. The van der Waals surface area contributed by atoms with Crippen LogP contribution in [0.1, 0.15) is 66.2 Å². The predicted molar refractivity (Wildman–Crippen MR) is 129 cm³/mol. The maximum absolute atomic E-state index is 9.98. The molecule has 9 nitrogen and oxygen atoms in total. The molecule has 0 aliphatic heterocycles. The van der Waals surface area contributed by atoms with Gasteiger partial charge in [0, 0.05) is 19.7 Å². The summed E-state index contributed by atoms with van der Waals surface area (Å²) in [5.41, 5.74) is 11.6. The number of nitrogens with two attached hydrogens (primary N) is 2. The summed E-state index contributed by atoms with van der Waals surface area (Å²) >= 11 is 0. The molecule has 184 valence electrons. The second kappa shape index (κ2) is 19.1. The average Bonchev–Trinajstić information content (AvgIpc) is 2.70. The van der Waals surface area contributed by atoms with E-state index in [1.54, 1.807) is 0 Å². The number of hydrogen-bond donors (Lipinski definition) is 6. The number of guanidine groups is 2. The van der Waals surface area contributed by atoms with Crippen molar-refractivity contribution in [1.29, 1.82) is 0 Å². The molecule has 8 N–H and O–H groups in total. The Balaban J connectivity index is 3.72. The Morgan fingerprint density at radius 2 is 1.26 bits per heavy atom. The summed E-state index contributed by atoms with van der Waals surface area (Å²) < 4.78 is 5.45. The molecule has 2 unspecified atom stereocenters. The number of rotatable bonds is 18. The van der Waals surface area contributed by atoms with Gasteiger partial charge in [-0.25, -0.2) is 0 Å². The van der Waals surface area contributed by atoms with Gasteiger partial charge in [0.25, 0.3) is 0 Å². The van der Waals surface area contributed by atoms with Crippen molar-refractivity contribution in [2.45, 2.75) is 78.4 Å². The van der Waals surface area contributed by atoms with Gasteiger partial charge in [-0.1, -0.05) is 27.7 Å². The van der Waals surface area contributed by atoms with Gasteiger partial charge in [0.2, 0.25) is 0 Å². The summed E-state index contributed by atoms with van der Waals surface area (Å²) in [6.07, 6.45) is 4.35. The third-order valence-corrected chi connectivity index (χ3v) is 4.61. The van der Waals surface area contributed by atoms with Gasteiger partial charge in [-0.3, -0.25) is 9.98 Å². The van der Waals surface area contributed by atoms with Crippen LogP contribution >= 0.6 is 0 Å². The lowest BCUT2D eigenvalue weighted by molar-refractivity contribution is 0.0359. The number of hydrogen-bond acceptors (Lipinski definition) is 5. The van der Waals surface area contributed by atoms with Crippen LogP contribution < -0.4 is 22.1 Å². The van der Waals surface area contributed by atoms with E-state index >= 15 is 0 Å². The Kier molecular flexibility index (Phi) is 18.2. The summed E-state index contributed by atoms with van der Waals surface area (Å²) in [6.45, 7) is 11.4. The van der Waals surface area contributed by atoms with E-state index in [0.717, 1.165) is 38.8 Å². The van der Waals surface area contributed by atoms with Gasteiger partial charge in [0.1, 0.15) is 0 Å². The van der Waals surface area contributed by atoms with Crippen LogP contribution in [-0.4, -0.2) is 73.7 Å². The number of ether oxygens (including phenoxy) is 1. The van der Waals surface area contributed by atoms with Crippen molar-refractivity contribution in [1.82, 2.24) is 10.6 Å². The minimum atomic E-state index is -0.702. The number of aliphatic hydroxyl groups is 2. The quantitative estimate of drug-likeness (QED) is 0.106. The summed E-state index contributed by atoms with van der Waals surface area (Å²) in [5, 5.41) is 26.0. The van der Waals surface area contributed by atoms with E-state index in [4.69, 9.17) is 16.2 Å². The molecule has 31 heavy (non-hydrogen) atoms. The molecule has 0 aromatic heterocycles. The Labute approximate surface area is 189 Å². The van der Waals surface area contributed by atoms with E-state index in [-0.39, 0.29) is 19.7 Å². The normalized spacial score (nSPS) is 14.8. The van der Waals surface area contributed by atoms with Crippen LogP contribution in [0.2, 0.25) is 0 Å². The highest BCUT2D eigenvalue weighted by Crippen LogP contribution is 2.02. The van der Waals surface area contributed by atoms with Gasteiger partial charge in [-0.2, -0.15) is 0 Å². The fraction of sp³-hybridized carbons (Fsp3) is 0.909. The van der Waals surface area contributed by atoms with Crippen LogP contribution in [-0.2, 0) is 4.74 Å². The molecule has 0 bridgehead atoms. The van der Waals surface area contributed by atoms with Gasteiger partial charge < -0.3 is 37.1 Å². The number of nitrogens with zero attached hydrogens (tertiary/aromatic N) is 2. The van der Waals surface area contributed by atoms with E-state index in [9.17, 15) is 10.2 Å². The van der Waals surface area contributed by atoms with Gasteiger partial charge in [-0.15, -0.1) is 0 Å². The van der Waals surface area contributed by atoms with Gasteiger partial charge >= 0.3 is 0 Å². The van der Waals surface area contributed by atoms with Crippen LogP contribution in [0.15, 0.2) is 9.98 Å². The van der Waals surface area contributed by atoms with E-state index in [0.29, 0.717) is 43.2 Å². The second-order valence-electron chi connectivity index (χ2n) is 8.90. The highest BCUT2D eigenvalue weighted by molar-refractivity contribution is 5.78. The Morgan fingerprint density at radius 1 is 0.774 bits per heavy atom. The fourth-order valence-electron chi connectivity index (χ4n) is 2.76. The minimum Gasteiger partial charge on any atom is -0.391 e. The highest BCUT2D eigenvalue weighted by Gasteiger charge is 2.06.